The minimum Gasteiger partial charge on any atom is -0.508 e. The van der Waals surface area contributed by atoms with E-state index in [4.69, 9.17) is 15.9 Å². The van der Waals surface area contributed by atoms with E-state index in [9.17, 15) is 4.79 Å². The van der Waals surface area contributed by atoms with Crippen molar-refractivity contribution in [2.45, 2.75) is 6.04 Å². The van der Waals surface area contributed by atoms with E-state index in [1.165, 1.54) is 0 Å². The molecule has 0 aliphatic rings. The fraction of sp³-hybridized carbons (Fsp3) is 0.222. The number of carboxylic acid groups (broad SMARTS) is 1. The van der Waals surface area contributed by atoms with Crippen molar-refractivity contribution in [3.8, 4) is 5.75 Å². The maximum Gasteiger partial charge on any atom is 0.321 e. The molecular formula is C9H13NO3S. The number of carboxylic acids is 1. The quantitative estimate of drug-likeness (QED) is 0.548. The van der Waals surface area contributed by atoms with Gasteiger partial charge in [0.15, 0.2) is 0 Å². The molecule has 0 aliphatic carbocycles. The molecule has 1 atom stereocenters. The Bertz CT molecular complexity index is 266. The van der Waals surface area contributed by atoms with Gasteiger partial charge in [-0.05, 0) is 12.1 Å². The van der Waals surface area contributed by atoms with Crippen molar-refractivity contribution in [1.29, 1.82) is 0 Å². The lowest BCUT2D eigenvalue weighted by Crippen LogP contribution is -2.31. The third-order valence-electron chi connectivity index (χ3n) is 1.27. The van der Waals surface area contributed by atoms with Crippen LogP contribution in [-0.2, 0) is 4.79 Å². The summed E-state index contributed by atoms with van der Waals surface area (Å²) in [5.41, 5.74) is 4.94. The molecule has 4 N–H and O–H groups in total. The molecule has 0 spiro atoms. The number of nitrogens with two attached hydrogens (primary N) is 1. The van der Waals surface area contributed by atoms with Gasteiger partial charge in [0.1, 0.15) is 11.8 Å². The zero-order chi connectivity index (χ0) is 11.0. The second kappa shape index (κ2) is 7.23. The molecule has 78 valence electrons. The molecule has 1 aromatic carbocycles. The summed E-state index contributed by atoms with van der Waals surface area (Å²) in [5.74, 6) is -0.493. The summed E-state index contributed by atoms with van der Waals surface area (Å²) in [6.07, 6.45) is 0. The van der Waals surface area contributed by atoms with Crippen LogP contribution in [0.2, 0.25) is 0 Å². The zero-order valence-corrected chi connectivity index (χ0v) is 8.39. The van der Waals surface area contributed by atoms with E-state index in [1.54, 1.807) is 24.3 Å². The Balaban J connectivity index is 0.000000241. The lowest BCUT2D eigenvalue weighted by atomic mass is 10.3. The van der Waals surface area contributed by atoms with Crippen LogP contribution < -0.4 is 5.73 Å². The Morgan fingerprint density at radius 1 is 1.43 bits per heavy atom. The minimum absolute atomic E-state index is 0.190. The summed E-state index contributed by atoms with van der Waals surface area (Å²) in [4.78, 5) is 9.76. The van der Waals surface area contributed by atoms with Crippen molar-refractivity contribution in [3.05, 3.63) is 30.3 Å². The van der Waals surface area contributed by atoms with Crippen molar-refractivity contribution >= 4 is 18.6 Å². The Hall–Kier alpha value is -1.20. The van der Waals surface area contributed by atoms with Gasteiger partial charge >= 0.3 is 5.97 Å². The average molecular weight is 215 g/mol. The first-order valence-electron chi connectivity index (χ1n) is 3.91. The number of hydrogen-bond donors (Lipinski definition) is 4. The van der Waals surface area contributed by atoms with Gasteiger partial charge in [-0.1, -0.05) is 18.2 Å². The lowest BCUT2D eigenvalue weighted by Gasteiger charge is -1.96. The minimum atomic E-state index is -1.00. The van der Waals surface area contributed by atoms with Crippen LogP contribution >= 0.6 is 12.6 Å². The molecule has 5 heteroatoms. The molecule has 1 aromatic rings. The molecule has 0 amide bonds. The highest BCUT2D eigenvalue weighted by Crippen LogP contribution is 2.02. The van der Waals surface area contributed by atoms with Crippen LogP contribution in [0.25, 0.3) is 0 Å². The lowest BCUT2D eigenvalue weighted by molar-refractivity contribution is -0.137. The number of rotatable bonds is 2. The summed E-state index contributed by atoms with van der Waals surface area (Å²) < 4.78 is 0. The Labute approximate surface area is 87.8 Å². The van der Waals surface area contributed by atoms with E-state index < -0.39 is 12.0 Å². The highest BCUT2D eigenvalue weighted by molar-refractivity contribution is 7.80. The molecule has 0 saturated heterocycles. The summed E-state index contributed by atoms with van der Waals surface area (Å²) in [5, 5.41) is 16.6. The number of aromatic hydroxyl groups is 1. The number of aliphatic carboxylic acids is 1. The topological polar surface area (TPSA) is 83.6 Å². The second-order valence-corrected chi connectivity index (χ2v) is 2.83. The summed E-state index contributed by atoms with van der Waals surface area (Å²) in [7, 11) is 0. The van der Waals surface area contributed by atoms with Crippen molar-refractivity contribution in [1.82, 2.24) is 0 Å². The normalized spacial score (nSPS) is 11.0. The van der Waals surface area contributed by atoms with Crippen LogP contribution in [0.15, 0.2) is 30.3 Å². The summed E-state index contributed by atoms with van der Waals surface area (Å²) in [6, 6.07) is 7.90. The smallest absolute Gasteiger partial charge is 0.321 e. The highest BCUT2D eigenvalue weighted by atomic mass is 32.1. The highest BCUT2D eigenvalue weighted by Gasteiger charge is 2.06. The number of phenolic OH excluding ortho intramolecular Hbond substituents is 1. The molecule has 4 nitrogen and oxygen atoms in total. The van der Waals surface area contributed by atoms with Gasteiger partial charge in [0.05, 0.1) is 0 Å². The third-order valence-corrected chi connectivity index (χ3v) is 1.66. The summed E-state index contributed by atoms with van der Waals surface area (Å²) >= 11 is 3.65. The average Bonchev–Trinajstić information content (AvgIpc) is 2.18. The fourth-order valence-electron chi connectivity index (χ4n) is 0.506. The Morgan fingerprint density at radius 2 is 1.93 bits per heavy atom. The van der Waals surface area contributed by atoms with E-state index in [1.807, 2.05) is 6.07 Å². The standard InChI is InChI=1S/C6H6O.C3H7NO2S/c7-6-4-2-1-3-5-6;4-2(1-7)3(5)6/h1-5,7H;2,7H,1,4H2,(H,5,6)/t;2-/m.0/s1. The molecular weight excluding hydrogens is 202 g/mol. The fourth-order valence-corrected chi connectivity index (χ4v) is 0.662. The molecule has 0 fully saturated rings. The number of benzene rings is 1. The first-order chi connectivity index (χ1) is 6.57. The van der Waals surface area contributed by atoms with Gasteiger partial charge in [-0.3, -0.25) is 4.79 Å². The molecule has 14 heavy (non-hydrogen) atoms. The third kappa shape index (κ3) is 6.33. The largest absolute Gasteiger partial charge is 0.508 e. The van der Waals surface area contributed by atoms with Gasteiger partial charge in [-0.25, -0.2) is 0 Å². The second-order valence-electron chi connectivity index (χ2n) is 2.46. The molecule has 0 radical (unpaired) electrons. The van der Waals surface area contributed by atoms with Crippen LogP contribution in [0.3, 0.4) is 0 Å². The maximum absolute atomic E-state index is 9.76. The summed E-state index contributed by atoms with van der Waals surface area (Å²) in [6.45, 7) is 0. The number of para-hydroxylation sites is 1. The van der Waals surface area contributed by atoms with Crippen molar-refractivity contribution in [3.63, 3.8) is 0 Å². The van der Waals surface area contributed by atoms with E-state index in [-0.39, 0.29) is 5.75 Å². The molecule has 0 saturated carbocycles. The van der Waals surface area contributed by atoms with Crippen molar-refractivity contribution < 1.29 is 15.0 Å². The Kier molecular flexibility index (Phi) is 6.61. The predicted molar refractivity (Wildman–Crippen MR) is 57.6 cm³/mol. The van der Waals surface area contributed by atoms with Crippen LogP contribution in [0, 0.1) is 0 Å². The molecule has 0 aliphatic heterocycles. The molecule has 0 unspecified atom stereocenters. The first kappa shape index (κ1) is 12.8. The number of thiol groups is 1. The van der Waals surface area contributed by atoms with Crippen LogP contribution in [0.1, 0.15) is 0 Å². The SMILES string of the molecule is N[C@@H](CS)C(=O)O.Oc1ccccc1. The zero-order valence-electron chi connectivity index (χ0n) is 7.50. The van der Waals surface area contributed by atoms with Gasteiger partial charge < -0.3 is 15.9 Å². The van der Waals surface area contributed by atoms with E-state index >= 15 is 0 Å². The van der Waals surface area contributed by atoms with Crippen LogP contribution in [0.4, 0.5) is 0 Å². The molecule has 0 aromatic heterocycles. The number of phenols is 1. The molecule has 0 bridgehead atoms. The molecule has 1 rings (SSSR count). The van der Waals surface area contributed by atoms with Crippen LogP contribution in [-0.4, -0.2) is 28.0 Å². The van der Waals surface area contributed by atoms with E-state index in [0.717, 1.165) is 0 Å². The number of carbonyl (C=O) groups is 1. The monoisotopic (exact) mass is 215 g/mol. The van der Waals surface area contributed by atoms with E-state index in [2.05, 4.69) is 12.6 Å². The van der Waals surface area contributed by atoms with Gasteiger partial charge in [-0.15, -0.1) is 0 Å². The Morgan fingerprint density at radius 3 is 2.07 bits per heavy atom. The van der Waals surface area contributed by atoms with Gasteiger partial charge in [0, 0.05) is 5.75 Å². The maximum atomic E-state index is 9.76. The predicted octanol–water partition coefficient (Wildman–Crippen LogP) is 0.720. The van der Waals surface area contributed by atoms with Gasteiger partial charge in [0.25, 0.3) is 0 Å². The van der Waals surface area contributed by atoms with Gasteiger partial charge in [-0.2, -0.15) is 12.6 Å². The number of hydrogen-bond acceptors (Lipinski definition) is 4. The van der Waals surface area contributed by atoms with Crippen molar-refractivity contribution in [2.24, 2.45) is 5.73 Å². The van der Waals surface area contributed by atoms with Gasteiger partial charge in [0.2, 0.25) is 0 Å². The van der Waals surface area contributed by atoms with Crippen LogP contribution in [0.5, 0.6) is 5.75 Å². The molecule has 0 heterocycles. The first-order valence-corrected chi connectivity index (χ1v) is 4.54. The van der Waals surface area contributed by atoms with Crippen molar-refractivity contribution in [2.75, 3.05) is 5.75 Å². The van der Waals surface area contributed by atoms with E-state index in [0.29, 0.717) is 5.75 Å².